The van der Waals surface area contributed by atoms with Crippen molar-refractivity contribution in [3.63, 3.8) is 0 Å². The van der Waals surface area contributed by atoms with E-state index in [1.165, 1.54) is 22.4 Å². The highest BCUT2D eigenvalue weighted by Crippen LogP contribution is 2.31. The average Bonchev–Trinajstić information content (AvgIpc) is 3.34. The van der Waals surface area contributed by atoms with Gasteiger partial charge in [0.05, 0.1) is 32.9 Å². The summed E-state index contributed by atoms with van der Waals surface area (Å²) < 4.78 is 15.9. The van der Waals surface area contributed by atoms with Crippen LogP contribution in [0.2, 0.25) is 0 Å². The molecule has 1 aliphatic heterocycles. The van der Waals surface area contributed by atoms with Crippen LogP contribution in [0.25, 0.3) is 0 Å². The number of aromatic nitrogens is 3. The fourth-order valence-corrected chi connectivity index (χ4v) is 4.68. The van der Waals surface area contributed by atoms with E-state index in [2.05, 4.69) is 34.9 Å². The molecule has 2 atom stereocenters. The van der Waals surface area contributed by atoms with E-state index in [9.17, 15) is 0 Å². The first-order valence-corrected chi connectivity index (χ1v) is 10.8. The zero-order valence-electron chi connectivity index (χ0n) is 17.8. The molecule has 2 aromatic carbocycles. The van der Waals surface area contributed by atoms with Gasteiger partial charge in [0, 0.05) is 18.9 Å². The van der Waals surface area contributed by atoms with E-state index < -0.39 is 0 Å². The highest BCUT2D eigenvalue weighted by atomic mass is 32.1. The van der Waals surface area contributed by atoms with Crippen molar-refractivity contribution in [1.82, 2.24) is 14.3 Å². The number of rotatable bonds is 7. The van der Waals surface area contributed by atoms with Gasteiger partial charge in [-0.25, -0.2) is 0 Å². The Morgan fingerprint density at radius 3 is 2.67 bits per heavy atom. The van der Waals surface area contributed by atoms with Gasteiger partial charge < -0.3 is 14.4 Å². The second-order valence-corrected chi connectivity index (χ2v) is 8.14. The third-order valence-electron chi connectivity index (χ3n) is 5.94. The lowest BCUT2D eigenvalue weighted by Crippen LogP contribution is -3.09. The summed E-state index contributed by atoms with van der Waals surface area (Å²) in [4.78, 5) is 1.46. The van der Waals surface area contributed by atoms with Gasteiger partial charge in [-0.1, -0.05) is 30.3 Å². The largest absolute Gasteiger partial charge is 0.497 e. The Labute approximate surface area is 182 Å². The maximum Gasteiger partial charge on any atom is 0.203 e. The first kappa shape index (κ1) is 20.6. The number of benzene rings is 2. The highest BCUT2D eigenvalue weighted by Gasteiger charge is 2.33. The third-order valence-corrected chi connectivity index (χ3v) is 6.37. The zero-order valence-corrected chi connectivity index (χ0v) is 18.6. The van der Waals surface area contributed by atoms with E-state index in [4.69, 9.17) is 26.8 Å². The Bertz CT molecular complexity index is 1060. The highest BCUT2D eigenvalue weighted by molar-refractivity contribution is 7.71. The van der Waals surface area contributed by atoms with Crippen LogP contribution in [0.1, 0.15) is 35.8 Å². The predicted octanol–water partition coefficient (Wildman–Crippen LogP) is 3.17. The number of quaternary nitrogens is 1. The molecule has 1 fully saturated rings. The van der Waals surface area contributed by atoms with Crippen LogP contribution in [0.15, 0.2) is 48.5 Å². The quantitative estimate of drug-likeness (QED) is 0.591. The molecule has 1 aliphatic rings. The van der Waals surface area contributed by atoms with Crippen molar-refractivity contribution >= 4 is 12.2 Å². The van der Waals surface area contributed by atoms with Crippen molar-refractivity contribution in [2.24, 2.45) is 0 Å². The van der Waals surface area contributed by atoms with E-state index in [-0.39, 0.29) is 0 Å². The summed E-state index contributed by atoms with van der Waals surface area (Å²) in [6, 6.07) is 16.8. The Morgan fingerprint density at radius 1 is 1.13 bits per heavy atom. The van der Waals surface area contributed by atoms with Crippen LogP contribution in [0.3, 0.4) is 0 Å². The van der Waals surface area contributed by atoms with Gasteiger partial charge in [0.1, 0.15) is 23.4 Å². The molecule has 0 amide bonds. The Balaban J connectivity index is 1.57. The maximum atomic E-state index is 5.79. The summed E-state index contributed by atoms with van der Waals surface area (Å²) in [5.74, 6) is 2.64. The van der Waals surface area contributed by atoms with Crippen LogP contribution in [-0.4, -0.2) is 35.1 Å². The molecule has 6 nitrogen and oxygen atoms in total. The molecule has 1 unspecified atom stereocenters. The van der Waals surface area contributed by atoms with E-state index in [1.54, 1.807) is 14.2 Å². The molecule has 0 radical (unpaired) electrons. The number of hydrogen-bond acceptors (Lipinski definition) is 4. The lowest BCUT2D eigenvalue weighted by Gasteiger charge is -2.23. The van der Waals surface area contributed by atoms with Crippen LogP contribution in [0, 0.1) is 11.7 Å². The lowest BCUT2D eigenvalue weighted by atomic mass is 10.0. The third kappa shape index (κ3) is 4.13. The van der Waals surface area contributed by atoms with Crippen LogP contribution in [-0.2, 0) is 13.2 Å². The number of methoxy groups -OCH3 is 2. The molecule has 3 aromatic rings. The Kier molecular flexibility index (Phi) is 6.20. The molecule has 7 heteroatoms. The van der Waals surface area contributed by atoms with Crippen molar-refractivity contribution in [2.45, 2.75) is 39.0 Å². The second kappa shape index (κ2) is 9.02. The summed E-state index contributed by atoms with van der Waals surface area (Å²) >= 11 is 5.79. The Morgan fingerprint density at radius 2 is 1.93 bits per heavy atom. The molecule has 0 saturated carbocycles. The van der Waals surface area contributed by atoms with Gasteiger partial charge in [-0.2, -0.15) is 9.78 Å². The molecule has 1 aromatic heterocycles. The minimum Gasteiger partial charge on any atom is -0.497 e. The van der Waals surface area contributed by atoms with E-state index >= 15 is 0 Å². The molecular weight excluding hydrogens is 396 g/mol. The van der Waals surface area contributed by atoms with Gasteiger partial charge in [-0.15, -0.1) is 0 Å². The number of hydrogen-bond donors (Lipinski definition) is 1. The SMILES string of the molecule is COc1ccc([C@@H]2CCC[NH+]2Cn2nc(C)n(Cc3ccccc3)c2=S)c(OC)c1. The van der Waals surface area contributed by atoms with E-state index in [1.807, 2.05) is 29.8 Å². The van der Waals surface area contributed by atoms with Crippen molar-refractivity contribution in [3.05, 3.63) is 70.3 Å². The normalized spacial score (nSPS) is 18.5. The minimum absolute atomic E-state index is 0.354. The van der Waals surface area contributed by atoms with Gasteiger partial charge in [-0.3, -0.25) is 4.57 Å². The summed E-state index contributed by atoms with van der Waals surface area (Å²) in [7, 11) is 3.40. The molecule has 4 rings (SSSR count). The molecule has 1 saturated heterocycles. The maximum absolute atomic E-state index is 5.79. The van der Waals surface area contributed by atoms with Crippen molar-refractivity contribution in [1.29, 1.82) is 0 Å². The molecule has 0 bridgehead atoms. The predicted molar refractivity (Wildman–Crippen MR) is 119 cm³/mol. The summed E-state index contributed by atoms with van der Waals surface area (Å²) in [5, 5.41) is 4.77. The first-order valence-electron chi connectivity index (χ1n) is 10.4. The van der Waals surface area contributed by atoms with Crippen LogP contribution in [0.5, 0.6) is 11.5 Å². The molecule has 30 heavy (non-hydrogen) atoms. The molecule has 0 aliphatic carbocycles. The summed E-state index contributed by atoms with van der Waals surface area (Å²) in [6.07, 6.45) is 2.29. The molecular formula is C23H29N4O2S+. The minimum atomic E-state index is 0.354. The van der Waals surface area contributed by atoms with Crippen LogP contribution in [0.4, 0.5) is 0 Å². The molecule has 158 valence electrons. The standard InChI is InChI=1S/C23H28N4O2S/c1-17-24-27(23(30)26(17)15-18-8-5-4-6-9-18)16-25-13-7-10-21(25)20-12-11-19(28-2)14-22(20)29-3/h4-6,8-9,11-12,14,21H,7,10,13,15-16H2,1-3H3/p+1/t21-/m0/s1. The van der Waals surface area contributed by atoms with Gasteiger partial charge in [0.15, 0.2) is 6.67 Å². The van der Waals surface area contributed by atoms with Crippen LogP contribution >= 0.6 is 12.2 Å². The van der Waals surface area contributed by atoms with Crippen LogP contribution < -0.4 is 14.4 Å². The number of nitrogens with zero attached hydrogens (tertiary/aromatic N) is 3. The van der Waals surface area contributed by atoms with Gasteiger partial charge in [0.2, 0.25) is 4.77 Å². The number of ether oxygens (including phenoxy) is 2. The number of nitrogens with one attached hydrogen (secondary N) is 1. The lowest BCUT2D eigenvalue weighted by molar-refractivity contribution is -0.941. The second-order valence-electron chi connectivity index (χ2n) is 7.77. The van der Waals surface area contributed by atoms with Crippen molar-refractivity contribution in [2.75, 3.05) is 20.8 Å². The Hall–Kier alpha value is -2.64. The van der Waals surface area contributed by atoms with E-state index in [0.717, 1.165) is 48.3 Å². The van der Waals surface area contributed by atoms with Gasteiger partial charge >= 0.3 is 0 Å². The summed E-state index contributed by atoms with van der Waals surface area (Å²) in [5.41, 5.74) is 2.45. The number of likely N-dealkylation sites (tertiary alicyclic amines) is 1. The van der Waals surface area contributed by atoms with Gasteiger partial charge in [-0.05, 0) is 36.8 Å². The molecule has 2 heterocycles. The smallest absolute Gasteiger partial charge is 0.203 e. The molecule has 1 N–H and O–H groups in total. The average molecular weight is 426 g/mol. The monoisotopic (exact) mass is 425 g/mol. The summed E-state index contributed by atoms with van der Waals surface area (Å²) in [6.45, 7) is 4.61. The number of aryl methyl sites for hydroxylation is 1. The first-order chi connectivity index (χ1) is 14.6. The zero-order chi connectivity index (χ0) is 21.1. The fourth-order valence-electron chi connectivity index (χ4n) is 4.38. The van der Waals surface area contributed by atoms with Crippen molar-refractivity contribution in [3.8, 4) is 11.5 Å². The molecule has 0 spiro atoms. The van der Waals surface area contributed by atoms with Crippen molar-refractivity contribution < 1.29 is 14.4 Å². The van der Waals surface area contributed by atoms with E-state index in [0.29, 0.717) is 6.04 Å². The topological polar surface area (TPSA) is 45.7 Å². The fraction of sp³-hybridized carbons (Fsp3) is 0.391. The van der Waals surface area contributed by atoms with Gasteiger partial charge in [0.25, 0.3) is 0 Å².